The van der Waals surface area contributed by atoms with Crippen LogP contribution in [0.4, 0.5) is 4.79 Å². The number of alkyl carbamates (subject to hydrolysis) is 1. The molecule has 0 aromatic heterocycles. The maximum Gasteiger partial charge on any atom is 0.408 e. The molecule has 8 heteroatoms. The molecular weight excluding hydrogens is 280 g/mol. The van der Waals surface area contributed by atoms with Gasteiger partial charge in [0.25, 0.3) is 0 Å². The molecule has 4 N–H and O–H groups in total. The first-order chi connectivity index (χ1) is 10.0. The lowest BCUT2D eigenvalue weighted by molar-refractivity contribution is -0.147. The third kappa shape index (κ3) is 6.39. The third-order valence-electron chi connectivity index (χ3n) is 2.38. The van der Waals surface area contributed by atoms with E-state index in [0.717, 1.165) is 5.56 Å². The molecule has 1 aromatic carbocycles. The van der Waals surface area contributed by atoms with E-state index in [2.05, 4.69) is 10.1 Å². The van der Waals surface area contributed by atoms with E-state index in [9.17, 15) is 14.4 Å². The highest BCUT2D eigenvalue weighted by molar-refractivity contribution is 5.80. The minimum atomic E-state index is -1.40. The Morgan fingerprint density at radius 3 is 2.43 bits per heavy atom. The summed E-state index contributed by atoms with van der Waals surface area (Å²) in [4.78, 5) is 33.3. The zero-order valence-electron chi connectivity index (χ0n) is 11.2. The summed E-state index contributed by atoms with van der Waals surface area (Å²) < 4.78 is 9.43. The van der Waals surface area contributed by atoms with Crippen LogP contribution < -0.4 is 11.1 Å². The largest absolute Gasteiger partial charge is 0.480 e. The van der Waals surface area contributed by atoms with E-state index < -0.39 is 30.7 Å². The molecule has 1 rings (SSSR count). The minimum Gasteiger partial charge on any atom is -0.480 e. The fraction of sp³-hybridized carbons (Fsp3) is 0.308. The van der Waals surface area contributed by atoms with E-state index in [1.165, 1.54) is 0 Å². The number of carboxylic acids is 1. The summed E-state index contributed by atoms with van der Waals surface area (Å²) in [5.74, 6) is -2.11. The van der Waals surface area contributed by atoms with Gasteiger partial charge in [0.1, 0.15) is 13.2 Å². The molecule has 0 radical (unpaired) electrons. The molecule has 0 heterocycles. The molecule has 1 aromatic rings. The fourth-order valence-corrected chi connectivity index (χ4v) is 1.32. The number of amides is 1. The Bertz CT molecular complexity index is 491. The predicted molar refractivity (Wildman–Crippen MR) is 71.2 cm³/mol. The zero-order valence-corrected chi connectivity index (χ0v) is 11.2. The number of benzene rings is 1. The van der Waals surface area contributed by atoms with Crippen molar-refractivity contribution in [2.24, 2.45) is 5.73 Å². The van der Waals surface area contributed by atoms with Crippen LogP contribution in [0.15, 0.2) is 30.3 Å². The smallest absolute Gasteiger partial charge is 0.408 e. The van der Waals surface area contributed by atoms with Crippen LogP contribution >= 0.6 is 0 Å². The topological polar surface area (TPSA) is 128 Å². The molecule has 0 spiro atoms. The number of carbonyl (C=O) groups excluding carboxylic acids is 2. The Kier molecular flexibility index (Phi) is 6.69. The maximum absolute atomic E-state index is 11.5. The number of nitrogens with one attached hydrogen (secondary N) is 1. The number of nitrogens with two attached hydrogens (primary N) is 1. The number of rotatable bonds is 7. The Morgan fingerprint density at radius 2 is 1.86 bits per heavy atom. The van der Waals surface area contributed by atoms with Gasteiger partial charge in [-0.15, -0.1) is 0 Å². The van der Waals surface area contributed by atoms with Crippen molar-refractivity contribution in [1.82, 2.24) is 5.32 Å². The third-order valence-corrected chi connectivity index (χ3v) is 2.38. The van der Waals surface area contributed by atoms with Gasteiger partial charge in [-0.2, -0.15) is 0 Å². The molecule has 8 nitrogen and oxygen atoms in total. The van der Waals surface area contributed by atoms with Crippen LogP contribution in [-0.2, 0) is 25.7 Å². The highest BCUT2D eigenvalue weighted by atomic mass is 16.6. The number of carboxylic acid groups (broad SMARTS) is 1. The number of hydrogen-bond acceptors (Lipinski definition) is 6. The minimum absolute atomic E-state index is 0.00159. The summed E-state index contributed by atoms with van der Waals surface area (Å²) in [7, 11) is 0. The number of aliphatic carboxylic acids is 1. The molecule has 1 atom stereocenters. The first kappa shape index (κ1) is 16.4. The summed E-state index contributed by atoms with van der Waals surface area (Å²) in [6.07, 6.45) is -0.921. The van der Waals surface area contributed by atoms with Crippen molar-refractivity contribution in [2.75, 3.05) is 13.2 Å². The van der Waals surface area contributed by atoms with Gasteiger partial charge in [0, 0.05) is 0 Å². The number of carbonyl (C=O) groups is 3. The molecule has 0 bridgehead atoms. The van der Waals surface area contributed by atoms with Crippen LogP contribution in [0.5, 0.6) is 0 Å². The molecule has 21 heavy (non-hydrogen) atoms. The summed E-state index contributed by atoms with van der Waals surface area (Å²) in [5, 5.41) is 11.0. The van der Waals surface area contributed by atoms with Crippen molar-refractivity contribution in [1.29, 1.82) is 0 Å². The van der Waals surface area contributed by atoms with Crippen molar-refractivity contribution in [2.45, 2.75) is 12.6 Å². The molecule has 0 saturated heterocycles. The van der Waals surface area contributed by atoms with Crippen molar-refractivity contribution in [3.8, 4) is 0 Å². The van der Waals surface area contributed by atoms with Gasteiger partial charge in [-0.1, -0.05) is 30.3 Å². The van der Waals surface area contributed by atoms with Crippen molar-refractivity contribution in [3.63, 3.8) is 0 Å². The number of ether oxygens (including phenoxy) is 2. The highest BCUT2D eigenvalue weighted by Gasteiger charge is 2.22. The van der Waals surface area contributed by atoms with Crippen LogP contribution in [0.2, 0.25) is 0 Å². The van der Waals surface area contributed by atoms with Gasteiger partial charge in [-0.25, -0.2) is 9.59 Å². The van der Waals surface area contributed by atoms with Crippen molar-refractivity contribution < 1.29 is 29.0 Å². The van der Waals surface area contributed by atoms with Gasteiger partial charge in [-0.3, -0.25) is 4.79 Å². The second-order valence-electron chi connectivity index (χ2n) is 3.98. The van der Waals surface area contributed by atoms with Gasteiger partial charge in [0.15, 0.2) is 6.04 Å². The van der Waals surface area contributed by atoms with E-state index in [4.69, 9.17) is 15.6 Å². The molecular formula is C13H16N2O6. The van der Waals surface area contributed by atoms with E-state index in [-0.39, 0.29) is 13.2 Å². The second kappa shape index (κ2) is 8.54. The van der Waals surface area contributed by atoms with Crippen molar-refractivity contribution in [3.05, 3.63) is 35.9 Å². The SMILES string of the molecule is NCC(=O)OC[C@H](NC(=O)OCc1ccccc1)C(=O)O. The quantitative estimate of drug-likeness (QED) is 0.598. The maximum atomic E-state index is 11.5. The molecule has 114 valence electrons. The Balaban J connectivity index is 2.41. The summed E-state index contributed by atoms with van der Waals surface area (Å²) in [5.41, 5.74) is 5.77. The number of esters is 1. The summed E-state index contributed by atoms with van der Waals surface area (Å²) in [6, 6.07) is 7.49. The lowest BCUT2D eigenvalue weighted by Crippen LogP contribution is -2.45. The van der Waals surface area contributed by atoms with E-state index >= 15 is 0 Å². The van der Waals surface area contributed by atoms with Crippen LogP contribution in [0.3, 0.4) is 0 Å². The zero-order chi connectivity index (χ0) is 15.7. The average molecular weight is 296 g/mol. The van der Waals surface area contributed by atoms with Crippen LogP contribution in [0.25, 0.3) is 0 Å². The normalized spacial score (nSPS) is 11.3. The van der Waals surface area contributed by atoms with Crippen LogP contribution in [-0.4, -0.2) is 42.3 Å². The number of hydrogen-bond donors (Lipinski definition) is 3. The average Bonchev–Trinajstić information content (AvgIpc) is 2.49. The van der Waals surface area contributed by atoms with Gasteiger partial charge in [-0.05, 0) is 5.56 Å². The molecule has 0 aliphatic carbocycles. The molecule has 0 aliphatic rings. The fourth-order valence-electron chi connectivity index (χ4n) is 1.32. The van der Waals surface area contributed by atoms with Crippen molar-refractivity contribution >= 4 is 18.0 Å². The molecule has 0 saturated carbocycles. The van der Waals surface area contributed by atoms with Gasteiger partial charge in [0.2, 0.25) is 0 Å². The van der Waals surface area contributed by atoms with Gasteiger partial charge in [0.05, 0.1) is 6.54 Å². The monoisotopic (exact) mass is 296 g/mol. The van der Waals surface area contributed by atoms with Gasteiger partial charge < -0.3 is 25.6 Å². The van der Waals surface area contributed by atoms with Gasteiger partial charge >= 0.3 is 18.0 Å². The highest BCUT2D eigenvalue weighted by Crippen LogP contribution is 2.01. The molecule has 0 fully saturated rings. The predicted octanol–water partition coefficient (Wildman–Crippen LogP) is -0.132. The lowest BCUT2D eigenvalue weighted by Gasteiger charge is -2.14. The molecule has 0 unspecified atom stereocenters. The van der Waals surface area contributed by atoms with Crippen LogP contribution in [0.1, 0.15) is 5.56 Å². The van der Waals surface area contributed by atoms with E-state index in [0.29, 0.717) is 0 Å². The van der Waals surface area contributed by atoms with Crippen LogP contribution in [0, 0.1) is 0 Å². The lowest BCUT2D eigenvalue weighted by atomic mass is 10.2. The summed E-state index contributed by atoms with van der Waals surface area (Å²) >= 11 is 0. The summed E-state index contributed by atoms with van der Waals surface area (Å²) in [6.45, 7) is -0.891. The first-order valence-electron chi connectivity index (χ1n) is 6.08. The van der Waals surface area contributed by atoms with E-state index in [1.807, 2.05) is 6.07 Å². The Hall–Kier alpha value is -2.61. The Labute approximate surface area is 120 Å². The molecule has 1 amide bonds. The Morgan fingerprint density at radius 1 is 1.19 bits per heavy atom. The van der Waals surface area contributed by atoms with E-state index in [1.54, 1.807) is 24.3 Å². The molecule has 0 aliphatic heterocycles. The first-order valence-corrected chi connectivity index (χ1v) is 6.08. The standard InChI is InChI=1S/C13H16N2O6/c14-6-11(16)20-8-10(12(17)18)15-13(19)21-7-9-4-2-1-3-5-9/h1-5,10H,6-8,14H2,(H,15,19)(H,17,18)/t10-/m0/s1. The second-order valence-corrected chi connectivity index (χ2v) is 3.98.